The van der Waals surface area contributed by atoms with Crippen molar-refractivity contribution in [1.29, 1.82) is 0 Å². The highest BCUT2D eigenvalue weighted by Crippen LogP contribution is 2.50. The van der Waals surface area contributed by atoms with Gasteiger partial charge in [0.05, 0.1) is 6.10 Å². The topological polar surface area (TPSA) is 9.23 Å². The summed E-state index contributed by atoms with van der Waals surface area (Å²) in [7, 11) is 1.91. The Balaban J connectivity index is 2.14. The summed E-state index contributed by atoms with van der Waals surface area (Å²) >= 11 is 0. The molecule has 2 aliphatic rings. The van der Waals surface area contributed by atoms with Crippen molar-refractivity contribution in [3.05, 3.63) is 0 Å². The Bertz CT molecular complexity index is 228. The molecule has 0 aromatic carbocycles. The average Bonchev–Trinajstić information content (AvgIpc) is 2.26. The Morgan fingerprint density at radius 2 is 1.50 bits per heavy atom. The molecule has 94 valence electrons. The number of hydrogen-bond acceptors (Lipinski definition) is 1. The molecule has 4 unspecified atom stereocenters. The predicted octanol–water partition coefficient (Wildman–Crippen LogP) is 4.26. The van der Waals surface area contributed by atoms with Crippen LogP contribution < -0.4 is 0 Å². The molecule has 0 bridgehead atoms. The van der Waals surface area contributed by atoms with Crippen LogP contribution in [-0.2, 0) is 4.74 Å². The van der Waals surface area contributed by atoms with Crippen LogP contribution in [0.4, 0.5) is 0 Å². The monoisotopic (exact) mass is 224 g/mol. The summed E-state index contributed by atoms with van der Waals surface area (Å²) in [6.07, 6.45) is 8.97. The average molecular weight is 224 g/mol. The van der Waals surface area contributed by atoms with E-state index >= 15 is 0 Å². The van der Waals surface area contributed by atoms with Gasteiger partial charge in [0.2, 0.25) is 0 Å². The minimum atomic E-state index is 0.485. The van der Waals surface area contributed by atoms with E-state index in [0.29, 0.717) is 11.5 Å². The van der Waals surface area contributed by atoms with Gasteiger partial charge in [0.15, 0.2) is 0 Å². The van der Waals surface area contributed by atoms with E-state index in [-0.39, 0.29) is 0 Å². The standard InChI is InChI=1S/C15H28O/c1-15(2,3)13-9-10-14(16-4)12-8-6-5-7-11(12)13/h11-14H,5-10H2,1-4H3. The van der Waals surface area contributed by atoms with Crippen LogP contribution in [0, 0.1) is 23.2 Å². The van der Waals surface area contributed by atoms with Crippen molar-refractivity contribution in [3.63, 3.8) is 0 Å². The van der Waals surface area contributed by atoms with Gasteiger partial charge in [0.25, 0.3) is 0 Å². The van der Waals surface area contributed by atoms with Gasteiger partial charge in [0.1, 0.15) is 0 Å². The quantitative estimate of drug-likeness (QED) is 0.646. The van der Waals surface area contributed by atoms with E-state index in [9.17, 15) is 0 Å². The molecule has 16 heavy (non-hydrogen) atoms. The fourth-order valence-corrected chi connectivity index (χ4v) is 4.29. The second kappa shape index (κ2) is 4.68. The second-order valence-electron chi connectivity index (χ2n) is 6.94. The van der Waals surface area contributed by atoms with Crippen LogP contribution in [-0.4, -0.2) is 13.2 Å². The number of fused-ring (bicyclic) bond motifs is 1. The van der Waals surface area contributed by atoms with Gasteiger partial charge in [-0.05, 0) is 48.9 Å². The van der Waals surface area contributed by atoms with Crippen LogP contribution in [0.5, 0.6) is 0 Å². The third-order valence-electron chi connectivity index (χ3n) is 5.05. The SMILES string of the molecule is COC1CCC(C(C)(C)C)C2CCCCC12. The van der Waals surface area contributed by atoms with E-state index in [2.05, 4.69) is 20.8 Å². The van der Waals surface area contributed by atoms with Gasteiger partial charge in [-0.2, -0.15) is 0 Å². The van der Waals surface area contributed by atoms with Crippen molar-refractivity contribution in [1.82, 2.24) is 0 Å². The molecule has 0 heterocycles. The maximum atomic E-state index is 5.72. The molecule has 1 heteroatoms. The van der Waals surface area contributed by atoms with Gasteiger partial charge in [-0.25, -0.2) is 0 Å². The molecule has 0 aromatic heterocycles. The van der Waals surface area contributed by atoms with Crippen molar-refractivity contribution < 1.29 is 4.74 Å². The van der Waals surface area contributed by atoms with Crippen molar-refractivity contribution in [2.24, 2.45) is 23.2 Å². The Morgan fingerprint density at radius 3 is 2.06 bits per heavy atom. The number of rotatable bonds is 1. The minimum Gasteiger partial charge on any atom is -0.381 e. The number of methoxy groups -OCH3 is 1. The third-order valence-corrected chi connectivity index (χ3v) is 5.05. The summed E-state index contributed by atoms with van der Waals surface area (Å²) in [4.78, 5) is 0. The molecule has 2 rings (SSSR count). The van der Waals surface area contributed by atoms with Crippen molar-refractivity contribution >= 4 is 0 Å². The first-order valence-electron chi connectivity index (χ1n) is 7.07. The predicted molar refractivity (Wildman–Crippen MR) is 68.4 cm³/mol. The minimum absolute atomic E-state index is 0.485. The number of hydrogen-bond donors (Lipinski definition) is 0. The number of ether oxygens (including phenoxy) is 1. The smallest absolute Gasteiger partial charge is 0.0602 e. The van der Waals surface area contributed by atoms with E-state index in [1.807, 2.05) is 7.11 Å². The molecular formula is C15H28O. The van der Waals surface area contributed by atoms with Crippen LogP contribution >= 0.6 is 0 Å². The van der Waals surface area contributed by atoms with E-state index < -0.39 is 0 Å². The second-order valence-corrected chi connectivity index (χ2v) is 6.94. The highest BCUT2D eigenvalue weighted by molar-refractivity contribution is 4.94. The van der Waals surface area contributed by atoms with E-state index in [1.165, 1.54) is 38.5 Å². The van der Waals surface area contributed by atoms with E-state index in [0.717, 1.165) is 17.8 Å². The summed E-state index contributed by atoms with van der Waals surface area (Å²) in [5, 5.41) is 0. The maximum absolute atomic E-state index is 5.72. The fraction of sp³-hybridized carbons (Fsp3) is 1.00. The van der Waals surface area contributed by atoms with Gasteiger partial charge in [0, 0.05) is 7.11 Å². The molecule has 0 aromatic rings. The van der Waals surface area contributed by atoms with E-state index in [4.69, 9.17) is 4.74 Å². The third kappa shape index (κ3) is 2.30. The largest absolute Gasteiger partial charge is 0.381 e. The molecule has 2 aliphatic carbocycles. The molecule has 0 spiro atoms. The molecule has 4 atom stereocenters. The van der Waals surface area contributed by atoms with Crippen molar-refractivity contribution in [3.8, 4) is 0 Å². The summed E-state index contributed by atoms with van der Waals surface area (Å²) in [6, 6.07) is 0. The molecule has 2 fully saturated rings. The van der Waals surface area contributed by atoms with Crippen LogP contribution in [0.1, 0.15) is 59.3 Å². The summed E-state index contributed by atoms with van der Waals surface area (Å²) < 4.78 is 5.72. The molecule has 0 amide bonds. The van der Waals surface area contributed by atoms with Gasteiger partial charge in [-0.1, -0.05) is 33.6 Å². The van der Waals surface area contributed by atoms with Gasteiger partial charge < -0.3 is 4.74 Å². The first kappa shape index (κ1) is 12.4. The van der Waals surface area contributed by atoms with Gasteiger partial charge in [-0.3, -0.25) is 0 Å². The first-order valence-corrected chi connectivity index (χ1v) is 7.07. The summed E-state index contributed by atoms with van der Waals surface area (Å²) in [5.74, 6) is 2.72. The van der Waals surface area contributed by atoms with Crippen LogP contribution in [0.3, 0.4) is 0 Å². The van der Waals surface area contributed by atoms with Crippen LogP contribution in [0.2, 0.25) is 0 Å². The normalized spacial score (nSPS) is 40.5. The zero-order chi connectivity index (χ0) is 11.8. The van der Waals surface area contributed by atoms with E-state index in [1.54, 1.807) is 0 Å². The zero-order valence-electron chi connectivity index (χ0n) is 11.5. The highest BCUT2D eigenvalue weighted by atomic mass is 16.5. The Kier molecular flexibility index (Phi) is 3.63. The maximum Gasteiger partial charge on any atom is 0.0602 e. The highest BCUT2D eigenvalue weighted by Gasteiger charge is 2.44. The molecule has 0 aliphatic heterocycles. The molecular weight excluding hydrogens is 196 g/mol. The Morgan fingerprint density at radius 1 is 0.875 bits per heavy atom. The van der Waals surface area contributed by atoms with Crippen molar-refractivity contribution in [2.45, 2.75) is 65.4 Å². The summed E-state index contributed by atoms with van der Waals surface area (Å²) in [5.41, 5.74) is 0.485. The van der Waals surface area contributed by atoms with Crippen LogP contribution in [0.15, 0.2) is 0 Å². The molecule has 0 radical (unpaired) electrons. The summed E-state index contributed by atoms with van der Waals surface area (Å²) in [6.45, 7) is 7.28. The molecule has 0 N–H and O–H groups in total. The fourth-order valence-electron chi connectivity index (χ4n) is 4.29. The lowest BCUT2D eigenvalue weighted by atomic mass is 9.58. The lowest BCUT2D eigenvalue weighted by Crippen LogP contribution is -2.44. The molecule has 0 saturated heterocycles. The lowest BCUT2D eigenvalue weighted by molar-refractivity contribution is -0.0699. The van der Waals surface area contributed by atoms with Crippen LogP contribution in [0.25, 0.3) is 0 Å². The first-order chi connectivity index (χ1) is 7.54. The molecule has 1 nitrogen and oxygen atoms in total. The van der Waals surface area contributed by atoms with Gasteiger partial charge >= 0.3 is 0 Å². The molecule has 2 saturated carbocycles. The van der Waals surface area contributed by atoms with Crippen molar-refractivity contribution in [2.75, 3.05) is 7.11 Å². The Labute approximate surface area is 101 Å². The van der Waals surface area contributed by atoms with Gasteiger partial charge in [-0.15, -0.1) is 0 Å². The zero-order valence-corrected chi connectivity index (χ0v) is 11.5. The lowest BCUT2D eigenvalue weighted by Gasteiger charge is -2.50. The Hall–Kier alpha value is -0.0400.